The Morgan fingerprint density at radius 3 is 1.96 bits per heavy atom. The number of Topliss-reactive ketones (excluding diaryl/α,β-unsaturated/α-hetero) is 3. The molecule has 0 unspecified atom stereocenters. The van der Waals surface area contributed by atoms with E-state index in [1.807, 2.05) is 0 Å². The highest BCUT2D eigenvalue weighted by Gasteiger charge is 2.34. The molecule has 0 saturated heterocycles. The zero-order valence-corrected chi connectivity index (χ0v) is 15.2. The van der Waals surface area contributed by atoms with Crippen molar-refractivity contribution in [3.63, 3.8) is 0 Å². The number of rotatable bonds is 7. The van der Waals surface area contributed by atoms with E-state index in [0.29, 0.717) is 0 Å². The molecule has 2 aromatic carbocycles. The number of ketones is 3. The minimum absolute atomic E-state index is 0.0630. The lowest BCUT2D eigenvalue weighted by molar-refractivity contribution is -0.385. The minimum atomic E-state index is -4.05. The number of nitro groups is 1. The van der Waals surface area contributed by atoms with Crippen LogP contribution in [0, 0.1) is 16.0 Å². The highest BCUT2D eigenvalue weighted by Crippen LogP contribution is 2.28. The maximum atomic E-state index is 12.7. The quantitative estimate of drug-likeness (QED) is 0.308. The number of carbonyl (C=O) groups excluding carboxylic acids is 3. The Morgan fingerprint density at radius 2 is 1.48 bits per heavy atom. The second-order valence-electron chi connectivity index (χ2n) is 5.77. The predicted octanol–water partition coefficient (Wildman–Crippen LogP) is 2.40. The van der Waals surface area contributed by atoms with Crippen LogP contribution in [0.3, 0.4) is 0 Å². The molecule has 0 aromatic heterocycles. The Morgan fingerprint density at radius 1 is 0.926 bits per heavy atom. The fourth-order valence-electron chi connectivity index (χ4n) is 2.59. The summed E-state index contributed by atoms with van der Waals surface area (Å²) in [5, 5.41) is 11.3. The molecule has 0 saturated carbocycles. The Labute approximate surface area is 154 Å². The fraction of sp³-hybridized carbons (Fsp3) is 0.167. The zero-order valence-electron chi connectivity index (χ0n) is 14.4. The molecule has 0 amide bonds. The average molecular weight is 389 g/mol. The first-order chi connectivity index (χ1) is 12.6. The molecule has 0 bridgehead atoms. The van der Waals surface area contributed by atoms with Crippen LogP contribution in [0.2, 0.25) is 0 Å². The molecule has 140 valence electrons. The molecular formula is C18H15NO7S. The van der Waals surface area contributed by atoms with Crippen molar-refractivity contribution in [3.8, 4) is 0 Å². The average Bonchev–Trinajstić information content (AvgIpc) is 2.61. The van der Waals surface area contributed by atoms with Crippen LogP contribution < -0.4 is 0 Å². The molecule has 2 aromatic rings. The van der Waals surface area contributed by atoms with Crippen molar-refractivity contribution in [3.05, 3.63) is 64.2 Å². The summed E-state index contributed by atoms with van der Waals surface area (Å²) < 4.78 is 25.4. The van der Waals surface area contributed by atoms with Gasteiger partial charge in [0.05, 0.1) is 20.3 Å². The zero-order chi connectivity index (χ0) is 20.4. The summed E-state index contributed by atoms with van der Waals surface area (Å²) in [6.07, 6.45) is 0. The molecule has 0 heterocycles. The van der Waals surface area contributed by atoms with Gasteiger partial charge in [-0.3, -0.25) is 24.5 Å². The van der Waals surface area contributed by atoms with Gasteiger partial charge in [0.1, 0.15) is 17.5 Å². The van der Waals surface area contributed by atoms with Gasteiger partial charge in [0.25, 0.3) is 5.69 Å². The Balaban J connectivity index is 2.69. The summed E-state index contributed by atoms with van der Waals surface area (Å²) in [4.78, 5) is 45.9. The number of hydrogen-bond acceptors (Lipinski definition) is 7. The molecule has 8 nitrogen and oxygen atoms in total. The number of nitro benzene ring substituents is 1. The highest BCUT2D eigenvalue weighted by atomic mass is 32.2. The third-order valence-electron chi connectivity index (χ3n) is 3.87. The Kier molecular flexibility index (Phi) is 5.65. The number of carbonyl (C=O) groups is 3. The lowest BCUT2D eigenvalue weighted by Gasteiger charge is -2.11. The standard InChI is InChI=1S/C18H15NO7S/c1-11(20)17(12(2)21)18(22)15-10-14(8-9-16(15)19(23)24)27(25,26)13-6-4-3-5-7-13/h3-10,17H,1-2H3. The number of benzene rings is 2. The smallest absolute Gasteiger partial charge is 0.280 e. The third-order valence-corrected chi connectivity index (χ3v) is 5.64. The van der Waals surface area contributed by atoms with Crippen LogP contribution in [0.25, 0.3) is 0 Å². The van der Waals surface area contributed by atoms with Gasteiger partial charge in [-0.25, -0.2) is 8.42 Å². The lowest BCUT2D eigenvalue weighted by Crippen LogP contribution is -2.29. The first-order valence-electron chi connectivity index (χ1n) is 7.71. The van der Waals surface area contributed by atoms with Gasteiger partial charge in [0.15, 0.2) is 5.78 Å². The van der Waals surface area contributed by atoms with Crippen LogP contribution in [-0.4, -0.2) is 30.7 Å². The summed E-state index contributed by atoms with van der Waals surface area (Å²) in [6.45, 7) is 2.03. The van der Waals surface area contributed by atoms with Crippen LogP contribution in [0.5, 0.6) is 0 Å². The maximum Gasteiger partial charge on any atom is 0.280 e. The van der Waals surface area contributed by atoms with Crippen molar-refractivity contribution < 1.29 is 27.7 Å². The molecule has 0 spiro atoms. The topological polar surface area (TPSA) is 128 Å². The van der Waals surface area contributed by atoms with Crippen molar-refractivity contribution in [2.24, 2.45) is 5.92 Å². The normalized spacial score (nSPS) is 11.2. The van der Waals surface area contributed by atoms with Crippen molar-refractivity contribution in [2.45, 2.75) is 23.6 Å². The molecule has 2 rings (SSSR count). The molecule has 0 N–H and O–H groups in total. The first-order valence-corrected chi connectivity index (χ1v) is 9.19. The number of hydrogen-bond donors (Lipinski definition) is 0. The maximum absolute atomic E-state index is 12.7. The molecule has 0 aliphatic rings. The second-order valence-corrected chi connectivity index (χ2v) is 7.72. The summed E-state index contributed by atoms with van der Waals surface area (Å²) in [7, 11) is -4.05. The summed E-state index contributed by atoms with van der Waals surface area (Å²) in [5.74, 6) is -4.39. The number of sulfone groups is 1. The van der Waals surface area contributed by atoms with E-state index < -0.39 is 49.3 Å². The van der Waals surface area contributed by atoms with E-state index in [1.165, 1.54) is 24.3 Å². The van der Waals surface area contributed by atoms with Crippen molar-refractivity contribution >= 4 is 32.9 Å². The largest absolute Gasteiger partial charge is 0.299 e. The monoisotopic (exact) mass is 389 g/mol. The first kappa shape index (κ1) is 20.1. The van der Waals surface area contributed by atoms with Gasteiger partial charge in [-0.05, 0) is 38.1 Å². The number of nitrogens with zero attached hydrogens (tertiary/aromatic N) is 1. The molecule has 0 aliphatic heterocycles. The van der Waals surface area contributed by atoms with Crippen LogP contribution in [0.4, 0.5) is 5.69 Å². The van der Waals surface area contributed by atoms with E-state index in [-0.39, 0.29) is 9.79 Å². The van der Waals surface area contributed by atoms with Gasteiger partial charge in [-0.15, -0.1) is 0 Å². The van der Waals surface area contributed by atoms with E-state index in [0.717, 1.165) is 32.0 Å². The van der Waals surface area contributed by atoms with E-state index >= 15 is 0 Å². The van der Waals surface area contributed by atoms with Gasteiger partial charge < -0.3 is 0 Å². The third kappa shape index (κ3) is 3.98. The van der Waals surface area contributed by atoms with Crippen LogP contribution in [0.1, 0.15) is 24.2 Å². The highest BCUT2D eigenvalue weighted by molar-refractivity contribution is 7.91. The van der Waals surface area contributed by atoms with Crippen molar-refractivity contribution in [2.75, 3.05) is 0 Å². The summed E-state index contributed by atoms with van der Waals surface area (Å²) >= 11 is 0. The SMILES string of the molecule is CC(=O)C(C(C)=O)C(=O)c1cc(S(=O)(=O)c2ccccc2)ccc1[N+](=O)[O-]. The second kappa shape index (κ2) is 7.58. The molecular weight excluding hydrogens is 374 g/mol. The molecule has 0 radical (unpaired) electrons. The lowest BCUT2D eigenvalue weighted by atomic mass is 9.90. The van der Waals surface area contributed by atoms with Crippen LogP contribution in [-0.2, 0) is 19.4 Å². The van der Waals surface area contributed by atoms with Gasteiger partial charge >= 0.3 is 0 Å². The van der Waals surface area contributed by atoms with Gasteiger partial charge in [0.2, 0.25) is 9.84 Å². The van der Waals surface area contributed by atoms with Gasteiger partial charge in [0, 0.05) is 6.07 Å². The molecule has 9 heteroatoms. The van der Waals surface area contributed by atoms with E-state index in [2.05, 4.69) is 0 Å². The predicted molar refractivity (Wildman–Crippen MR) is 94.2 cm³/mol. The molecule has 27 heavy (non-hydrogen) atoms. The van der Waals surface area contributed by atoms with E-state index in [1.54, 1.807) is 6.07 Å². The van der Waals surface area contributed by atoms with Crippen LogP contribution >= 0.6 is 0 Å². The van der Waals surface area contributed by atoms with Crippen molar-refractivity contribution in [1.82, 2.24) is 0 Å². The van der Waals surface area contributed by atoms with E-state index in [9.17, 15) is 32.9 Å². The summed E-state index contributed by atoms with van der Waals surface area (Å²) in [6, 6.07) is 10.0. The Hall–Kier alpha value is -3.20. The molecule has 0 atom stereocenters. The minimum Gasteiger partial charge on any atom is -0.299 e. The fourth-order valence-corrected chi connectivity index (χ4v) is 3.89. The molecule has 0 aliphatic carbocycles. The summed E-state index contributed by atoms with van der Waals surface area (Å²) in [5.41, 5.74) is -1.29. The van der Waals surface area contributed by atoms with E-state index in [4.69, 9.17) is 0 Å². The molecule has 0 fully saturated rings. The van der Waals surface area contributed by atoms with Gasteiger partial charge in [-0.1, -0.05) is 18.2 Å². The van der Waals surface area contributed by atoms with Crippen molar-refractivity contribution in [1.29, 1.82) is 0 Å². The van der Waals surface area contributed by atoms with Crippen LogP contribution in [0.15, 0.2) is 58.3 Å². The van der Waals surface area contributed by atoms with Gasteiger partial charge in [-0.2, -0.15) is 0 Å². The Bertz CT molecular complexity index is 1030.